The highest BCUT2D eigenvalue weighted by atomic mass is 19.4. The maximum absolute atomic E-state index is 13.8. The average molecular weight is 359 g/mol. The molecule has 5 fully saturated rings. The zero-order chi connectivity index (χ0) is 18.0. The molecule has 1 heterocycles. The molecule has 0 spiro atoms. The largest absolute Gasteiger partial charge is 0.481 e. The number of carboxylic acids is 1. The molecule has 4 bridgehead atoms. The number of likely N-dealkylation sites (tertiary alicyclic amines) is 1. The van der Waals surface area contributed by atoms with Crippen LogP contribution in [0.15, 0.2) is 0 Å². The minimum Gasteiger partial charge on any atom is -0.481 e. The monoisotopic (exact) mass is 359 g/mol. The van der Waals surface area contributed by atoms with Gasteiger partial charge in [-0.3, -0.25) is 9.59 Å². The number of hydrogen-bond donors (Lipinski definition) is 1. The van der Waals surface area contributed by atoms with Gasteiger partial charge in [-0.1, -0.05) is 0 Å². The summed E-state index contributed by atoms with van der Waals surface area (Å²) in [5.74, 6) is -1.43. The third kappa shape index (κ3) is 2.56. The zero-order valence-corrected chi connectivity index (χ0v) is 14.1. The van der Waals surface area contributed by atoms with Gasteiger partial charge in [-0.15, -0.1) is 0 Å². The first kappa shape index (κ1) is 17.2. The van der Waals surface area contributed by atoms with Crippen LogP contribution >= 0.6 is 0 Å². The number of carboxylic acid groups (broad SMARTS) is 1. The van der Waals surface area contributed by atoms with E-state index in [-0.39, 0.29) is 37.0 Å². The van der Waals surface area contributed by atoms with E-state index in [0.29, 0.717) is 38.8 Å². The molecule has 140 valence electrons. The Bertz CT molecular complexity index is 581. The van der Waals surface area contributed by atoms with E-state index in [0.717, 1.165) is 6.42 Å². The van der Waals surface area contributed by atoms with Crippen LogP contribution in [-0.4, -0.2) is 41.1 Å². The van der Waals surface area contributed by atoms with Gasteiger partial charge in [-0.05, 0) is 63.2 Å². The van der Waals surface area contributed by atoms with Gasteiger partial charge in [-0.25, -0.2) is 0 Å². The number of aliphatic carboxylic acids is 1. The van der Waals surface area contributed by atoms with Crippen LogP contribution in [-0.2, 0) is 9.59 Å². The fourth-order valence-electron chi connectivity index (χ4n) is 6.51. The second-order valence-electron chi connectivity index (χ2n) is 8.92. The number of carbonyl (C=O) groups excluding carboxylic acids is 1. The molecule has 5 aliphatic rings. The van der Waals surface area contributed by atoms with Crippen LogP contribution in [0.25, 0.3) is 0 Å². The van der Waals surface area contributed by atoms with Crippen molar-refractivity contribution in [3.63, 3.8) is 0 Å². The molecular weight excluding hydrogens is 335 g/mol. The Morgan fingerprint density at radius 2 is 1.56 bits per heavy atom. The van der Waals surface area contributed by atoms with E-state index in [1.165, 1.54) is 0 Å². The first-order valence-electron chi connectivity index (χ1n) is 9.23. The Kier molecular flexibility index (Phi) is 3.68. The van der Waals surface area contributed by atoms with E-state index in [1.54, 1.807) is 4.90 Å². The Hall–Kier alpha value is -1.27. The molecule has 4 nitrogen and oxygen atoms in total. The normalized spacial score (nSPS) is 41.2. The van der Waals surface area contributed by atoms with Gasteiger partial charge in [0.15, 0.2) is 0 Å². The standard InChI is InChI=1S/C18H24F3NO3/c19-18(20,21)17-8-11-5-12(9-17)7-16(6-11,10-17)15(25)22-3-1-13(2-4-22)14(23)24/h11-13H,1-10H2,(H,23,24). The molecule has 2 unspecified atom stereocenters. The van der Waals surface area contributed by atoms with E-state index in [1.807, 2.05) is 0 Å². The smallest absolute Gasteiger partial charge is 0.394 e. The summed E-state index contributed by atoms with van der Waals surface area (Å²) in [6, 6.07) is 0. The highest BCUT2D eigenvalue weighted by molar-refractivity contribution is 5.84. The van der Waals surface area contributed by atoms with Gasteiger partial charge in [-0.2, -0.15) is 13.2 Å². The summed E-state index contributed by atoms with van der Waals surface area (Å²) in [7, 11) is 0. The molecule has 1 aliphatic heterocycles. The van der Waals surface area contributed by atoms with Crippen LogP contribution in [0.3, 0.4) is 0 Å². The van der Waals surface area contributed by atoms with Crippen molar-refractivity contribution in [2.45, 2.75) is 57.5 Å². The molecule has 4 aliphatic carbocycles. The van der Waals surface area contributed by atoms with Crippen LogP contribution in [0, 0.1) is 28.6 Å². The molecule has 2 atom stereocenters. The first-order valence-corrected chi connectivity index (χ1v) is 9.23. The van der Waals surface area contributed by atoms with Gasteiger partial charge in [0.1, 0.15) is 0 Å². The third-order valence-corrected chi connectivity index (χ3v) is 7.25. The second kappa shape index (κ2) is 5.36. The Labute approximate surface area is 144 Å². The summed E-state index contributed by atoms with van der Waals surface area (Å²) in [5, 5.41) is 9.09. The minimum atomic E-state index is -4.24. The number of piperidine rings is 1. The topological polar surface area (TPSA) is 57.6 Å². The van der Waals surface area contributed by atoms with Crippen molar-refractivity contribution in [1.82, 2.24) is 4.90 Å². The zero-order valence-electron chi connectivity index (χ0n) is 14.1. The molecule has 0 aromatic rings. The number of rotatable bonds is 2. The summed E-state index contributed by atoms with van der Waals surface area (Å²) in [4.78, 5) is 25.9. The molecule has 1 N–H and O–H groups in total. The SMILES string of the molecule is O=C(O)C1CCN(C(=O)C23CC4CC(C2)CC(C(F)(F)F)(C4)C3)CC1. The van der Waals surface area contributed by atoms with Gasteiger partial charge in [0.2, 0.25) is 5.91 Å². The van der Waals surface area contributed by atoms with Crippen molar-refractivity contribution < 1.29 is 27.9 Å². The molecule has 5 rings (SSSR count). The number of hydrogen-bond acceptors (Lipinski definition) is 2. The number of amides is 1. The Balaban J connectivity index is 1.56. The van der Waals surface area contributed by atoms with Crippen LogP contribution in [0.1, 0.15) is 51.4 Å². The quantitative estimate of drug-likeness (QED) is 0.821. The third-order valence-electron chi connectivity index (χ3n) is 7.25. The van der Waals surface area contributed by atoms with E-state index in [4.69, 9.17) is 5.11 Å². The summed E-state index contributed by atoms with van der Waals surface area (Å²) in [5.41, 5.74) is -2.54. The Morgan fingerprint density at radius 3 is 2.04 bits per heavy atom. The van der Waals surface area contributed by atoms with Crippen LogP contribution in [0.4, 0.5) is 13.2 Å². The molecule has 0 radical (unpaired) electrons. The van der Waals surface area contributed by atoms with E-state index < -0.39 is 28.9 Å². The molecule has 0 aromatic carbocycles. The lowest BCUT2D eigenvalue weighted by Gasteiger charge is -2.62. The summed E-state index contributed by atoms with van der Waals surface area (Å²) in [6.07, 6.45) is -1.15. The van der Waals surface area contributed by atoms with Crippen LogP contribution < -0.4 is 0 Å². The summed E-state index contributed by atoms with van der Waals surface area (Å²) in [6.45, 7) is 0.706. The predicted octanol–water partition coefficient (Wildman–Crippen LogP) is 3.46. The molecule has 0 aromatic heterocycles. The van der Waals surface area contributed by atoms with Crippen molar-refractivity contribution in [2.24, 2.45) is 28.6 Å². The van der Waals surface area contributed by atoms with Crippen LogP contribution in [0.2, 0.25) is 0 Å². The first-order chi connectivity index (χ1) is 11.6. The maximum Gasteiger partial charge on any atom is 0.394 e. The maximum atomic E-state index is 13.8. The highest BCUT2D eigenvalue weighted by Gasteiger charge is 2.69. The molecule has 25 heavy (non-hydrogen) atoms. The van der Waals surface area contributed by atoms with Crippen molar-refractivity contribution in [3.05, 3.63) is 0 Å². The van der Waals surface area contributed by atoms with Crippen molar-refractivity contribution in [1.29, 1.82) is 0 Å². The molecule has 7 heteroatoms. The summed E-state index contributed by atoms with van der Waals surface area (Å²) >= 11 is 0. The molecule has 1 saturated heterocycles. The lowest BCUT2D eigenvalue weighted by molar-refractivity contribution is -0.284. The van der Waals surface area contributed by atoms with Gasteiger partial charge in [0, 0.05) is 13.1 Å². The van der Waals surface area contributed by atoms with Gasteiger partial charge >= 0.3 is 12.1 Å². The lowest BCUT2D eigenvalue weighted by atomic mass is 9.43. The van der Waals surface area contributed by atoms with Crippen molar-refractivity contribution in [3.8, 4) is 0 Å². The van der Waals surface area contributed by atoms with Gasteiger partial charge < -0.3 is 10.0 Å². The number of halogens is 3. The van der Waals surface area contributed by atoms with E-state index in [9.17, 15) is 22.8 Å². The van der Waals surface area contributed by atoms with Crippen LogP contribution in [0.5, 0.6) is 0 Å². The summed E-state index contributed by atoms with van der Waals surface area (Å²) < 4.78 is 41.5. The van der Waals surface area contributed by atoms with Crippen molar-refractivity contribution >= 4 is 11.9 Å². The fourth-order valence-corrected chi connectivity index (χ4v) is 6.51. The minimum absolute atomic E-state index is 0.00313. The van der Waals surface area contributed by atoms with Gasteiger partial charge in [0.25, 0.3) is 0 Å². The fraction of sp³-hybridized carbons (Fsp3) is 0.889. The molecule has 4 saturated carbocycles. The number of carbonyl (C=O) groups is 2. The average Bonchev–Trinajstić information content (AvgIpc) is 2.52. The Morgan fingerprint density at radius 1 is 1.00 bits per heavy atom. The van der Waals surface area contributed by atoms with E-state index in [2.05, 4.69) is 0 Å². The predicted molar refractivity (Wildman–Crippen MR) is 82.5 cm³/mol. The lowest BCUT2D eigenvalue weighted by Crippen LogP contribution is -2.62. The molecular formula is C18H24F3NO3. The molecule has 1 amide bonds. The number of alkyl halides is 3. The second-order valence-corrected chi connectivity index (χ2v) is 8.92. The number of nitrogens with zero attached hydrogens (tertiary/aromatic N) is 1. The van der Waals surface area contributed by atoms with E-state index >= 15 is 0 Å². The van der Waals surface area contributed by atoms with Gasteiger partial charge in [0.05, 0.1) is 16.7 Å². The van der Waals surface area contributed by atoms with Crippen molar-refractivity contribution in [2.75, 3.05) is 13.1 Å². The highest BCUT2D eigenvalue weighted by Crippen LogP contribution is 2.69.